The zero-order chi connectivity index (χ0) is 10.1. The second-order valence-corrected chi connectivity index (χ2v) is 4.00. The van der Waals surface area contributed by atoms with Crippen LogP contribution in [0.15, 0.2) is 29.1 Å². The summed E-state index contributed by atoms with van der Waals surface area (Å²) < 4.78 is 2.36. The van der Waals surface area contributed by atoms with E-state index in [2.05, 4.69) is 26.0 Å². The summed E-state index contributed by atoms with van der Waals surface area (Å²) in [5.41, 5.74) is 6.11. The zero-order valence-electron chi connectivity index (χ0n) is 6.98. The topological polar surface area (TPSA) is 56.7 Å². The van der Waals surface area contributed by atoms with Crippen molar-refractivity contribution in [2.45, 2.75) is 0 Å². The molecule has 14 heavy (non-hydrogen) atoms. The number of halogens is 2. The molecule has 2 heterocycles. The van der Waals surface area contributed by atoms with Crippen LogP contribution in [0.3, 0.4) is 0 Å². The van der Waals surface area contributed by atoms with Crippen molar-refractivity contribution in [1.29, 1.82) is 0 Å². The Morgan fingerprint density at radius 1 is 1.43 bits per heavy atom. The van der Waals surface area contributed by atoms with Crippen molar-refractivity contribution in [1.82, 2.24) is 14.8 Å². The van der Waals surface area contributed by atoms with Gasteiger partial charge in [0.1, 0.15) is 0 Å². The molecule has 0 spiro atoms. The number of anilines is 1. The lowest BCUT2D eigenvalue weighted by Gasteiger charge is -2.02. The van der Waals surface area contributed by atoms with Crippen LogP contribution in [0.2, 0.25) is 5.02 Å². The minimum absolute atomic E-state index is 0.516. The fourth-order valence-electron chi connectivity index (χ4n) is 1.03. The van der Waals surface area contributed by atoms with Gasteiger partial charge in [0.05, 0.1) is 23.1 Å². The van der Waals surface area contributed by atoms with Gasteiger partial charge >= 0.3 is 0 Å². The highest BCUT2D eigenvalue weighted by Gasteiger charge is 2.05. The highest BCUT2D eigenvalue weighted by atomic mass is 79.9. The number of hydrogen-bond acceptors (Lipinski definition) is 3. The summed E-state index contributed by atoms with van der Waals surface area (Å²) in [5.74, 6) is 0.562. The van der Waals surface area contributed by atoms with E-state index in [-0.39, 0.29) is 0 Å². The first-order valence-electron chi connectivity index (χ1n) is 3.78. The molecule has 0 aliphatic heterocycles. The molecule has 2 aromatic rings. The molecule has 6 heteroatoms. The molecule has 4 nitrogen and oxygen atoms in total. The van der Waals surface area contributed by atoms with Crippen LogP contribution in [-0.4, -0.2) is 14.8 Å². The van der Waals surface area contributed by atoms with Crippen molar-refractivity contribution in [3.8, 4) is 5.82 Å². The third-order valence-corrected chi connectivity index (χ3v) is 2.32. The van der Waals surface area contributed by atoms with E-state index in [1.54, 1.807) is 24.7 Å². The fraction of sp³-hybridized carbons (Fsp3) is 0. The van der Waals surface area contributed by atoms with Gasteiger partial charge in [-0.3, -0.25) is 0 Å². The van der Waals surface area contributed by atoms with Gasteiger partial charge in [-0.1, -0.05) is 11.6 Å². The van der Waals surface area contributed by atoms with E-state index < -0.39 is 0 Å². The van der Waals surface area contributed by atoms with Gasteiger partial charge in [0.25, 0.3) is 0 Å². The maximum atomic E-state index is 5.98. The molecule has 0 aliphatic rings. The molecular formula is C8H6BrClN4. The van der Waals surface area contributed by atoms with Crippen LogP contribution in [0.1, 0.15) is 0 Å². The number of nitrogen functional groups attached to an aromatic ring is 1. The molecule has 0 bridgehead atoms. The molecule has 0 aromatic carbocycles. The minimum Gasteiger partial charge on any atom is -0.396 e. The predicted molar refractivity (Wildman–Crippen MR) is 58.5 cm³/mol. The second-order valence-electron chi connectivity index (χ2n) is 2.68. The van der Waals surface area contributed by atoms with Gasteiger partial charge in [-0.25, -0.2) is 9.67 Å². The van der Waals surface area contributed by atoms with Crippen LogP contribution < -0.4 is 5.73 Å². The number of hydrogen-bond donors (Lipinski definition) is 1. The highest BCUT2D eigenvalue weighted by Crippen LogP contribution is 2.21. The van der Waals surface area contributed by atoms with E-state index in [0.29, 0.717) is 16.5 Å². The maximum Gasteiger partial charge on any atom is 0.172 e. The highest BCUT2D eigenvalue weighted by molar-refractivity contribution is 9.10. The van der Waals surface area contributed by atoms with Gasteiger partial charge < -0.3 is 5.73 Å². The Kier molecular flexibility index (Phi) is 2.43. The molecule has 2 aromatic heterocycles. The summed E-state index contributed by atoms with van der Waals surface area (Å²) in [7, 11) is 0. The van der Waals surface area contributed by atoms with Crippen molar-refractivity contribution in [2.75, 3.05) is 5.73 Å². The molecule has 0 saturated carbocycles. The largest absolute Gasteiger partial charge is 0.396 e. The summed E-state index contributed by atoms with van der Waals surface area (Å²) in [6, 6.07) is 1.75. The Morgan fingerprint density at radius 3 is 2.79 bits per heavy atom. The van der Waals surface area contributed by atoms with E-state index in [1.165, 1.54) is 4.68 Å². The molecule has 0 amide bonds. The smallest absolute Gasteiger partial charge is 0.172 e. The van der Waals surface area contributed by atoms with Crippen molar-refractivity contribution in [2.24, 2.45) is 0 Å². The van der Waals surface area contributed by atoms with Gasteiger partial charge in [0.2, 0.25) is 0 Å². The fourth-order valence-corrected chi connectivity index (χ4v) is 1.74. The first kappa shape index (κ1) is 9.48. The summed E-state index contributed by atoms with van der Waals surface area (Å²) in [4.78, 5) is 4.13. The Hall–Kier alpha value is -1.07. The normalized spacial score (nSPS) is 10.4. The van der Waals surface area contributed by atoms with Gasteiger partial charge in [0, 0.05) is 10.7 Å². The van der Waals surface area contributed by atoms with Crippen LogP contribution in [0, 0.1) is 0 Å². The number of aromatic nitrogens is 3. The Bertz CT molecular complexity index is 468. The number of nitrogens with zero attached hydrogens (tertiary/aromatic N) is 3. The van der Waals surface area contributed by atoms with Crippen molar-refractivity contribution in [3.63, 3.8) is 0 Å². The maximum absolute atomic E-state index is 5.98. The van der Waals surface area contributed by atoms with E-state index in [1.807, 2.05) is 0 Å². The number of nitrogens with two attached hydrogens (primary N) is 1. The van der Waals surface area contributed by atoms with Crippen LogP contribution in [0.4, 0.5) is 5.69 Å². The Balaban J connectivity index is 2.52. The first-order valence-corrected chi connectivity index (χ1v) is 4.95. The number of rotatable bonds is 1. The predicted octanol–water partition coefficient (Wildman–Crippen LogP) is 2.27. The lowest BCUT2D eigenvalue weighted by molar-refractivity contribution is 0.846. The van der Waals surface area contributed by atoms with E-state index in [4.69, 9.17) is 17.3 Å². The molecule has 0 atom stereocenters. The van der Waals surface area contributed by atoms with E-state index in [0.717, 1.165) is 4.47 Å². The average molecular weight is 274 g/mol. The van der Waals surface area contributed by atoms with Gasteiger partial charge in [0.15, 0.2) is 5.82 Å². The van der Waals surface area contributed by atoms with Crippen LogP contribution in [-0.2, 0) is 0 Å². The third-order valence-electron chi connectivity index (χ3n) is 1.61. The molecule has 72 valence electrons. The summed E-state index contributed by atoms with van der Waals surface area (Å²) >= 11 is 9.25. The van der Waals surface area contributed by atoms with Crippen molar-refractivity contribution >= 4 is 33.2 Å². The zero-order valence-corrected chi connectivity index (χ0v) is 9.33. The van der Waals surface area contributed by atoms with Crippen LogP contribution >= 0.6 is 27.5 Å². The van der Waals surface area contributed by atoms with E-state index >= 15 is 0 Å². The molecule has 0 radical (unpaired) electrons. The molecular weight excluding hydrogens is 267 g/mol. The standard InChI is InChI=1S/C8H6BrClN4/c9-5-1-7(10)8(12-2-5)14-4-6(11)3-13-14/h1-4H,11H2. The third kappa shape index (κ3) is 1.73. The lowest BCUT2D eigenvalue weighted by Crippen LogP contribution is -1.98. The summed E-state index contributed by atoms with van der Waals surface area (Å²) in [6.45, 7) is 0. The van der Waals surface area contributed by atoms with E-state index in [9.17, 15) is 0 Å². The van der Waals surface area contributed by atoms with Crippen molar-refractivity contribution in [3.05, 3.63) is 34.2 Å². The monoisotopic (exact) mass is 272 g/mol. The molecule has 2 N–H and O–H groups in total. The number of pyridine rings is 1. The minimum atomic E-state index is 0.516. The lowest BCUT2D eigenvalue weighted by atomic mass is 10.4. The molecule has 0 saturated heterocycles. The molecule has 0 aliphatic carbocycles. The summed E-state index contributed by atoms with van der Waals surface area (Å²) in [6.07, 6.45) is 4.85. The first-order chi connectivity index (χ1) is 6.66. The molecule has 0 unspecified atom stereocenters. The van der Waals surface area contributed by atoms with Gasteiger partial charge in [-0.15, -0.1) is 0 Å². The molecule has 2 rings (SSSR count). The quantitative estimate of drug-likeness (QED) is 0.867. The van der Waals surface area contributed by atoms with Gasteiger partial charge in [-0.2, -0.15) is 5.10 Å². The Morgan fingerprint density at radius 2 is 2.21 bits per heavy atom. The van der Waals surface area contributed by atoms with Gasteiger partial charge in [-0.05, 0) is 22.0 Å². The SMILES string of the molecule is Nc1cnn(-c2ncc(Br)cc2Cl)c1. The van der Waals surface area contributed by atoms with Crippen molar-refractivity contribution < 1.29 is 0 Å². The van der Waals surface area contributed by atoms with Crippen LogP contribution in [0.5, 0.6) is 0 Å². The average Bonchev–Trinajstić information content (AvgIpc) is 2.51. The Labute approximate surface area is 93.8 Å². The van der Waals surface area contributed by atoms with Crippen LogP contribution in [0.25, 0.3) is 5.82 Å². The second kappa shape index (κ2) is 3.59. The summed E-state index contributed by atoms with van der Waals surface area (Å²) in [5, 5.41) is 4.52. The molecule has 0 fully saturated rings.